The Hall–Kier alpha value is -0.870. The molecule has 0 bridgehead atoms. The molecule has 0 heterocycles. The zero-order chi connectivity index (χ0) is 12.1. The highest BCUT2D eigenvalue weighted by molar-refractivity contribution is 6.32. The number of hydrogen-bond acceptors (Lipinski definition) is 2. The van der Waals surface area contributed by atoms with Gasteiger partial charge in [-0.25, -0.2) is 8.78 Å². The topological polar surface area (TPSA) is 35.2 Å². The smallest absolute Gasteiger partial charge is 0.272 e. The highest BCUT2D eigenvalue weighted by Crippen LogP contribution is 2.29. The summed E-state index contributed by atoms with van der Waals surface area (Å²) in [5.41, 5.74) is 6.41. The van der Waals surface area contributed by atoms with Crippen molar-refractivity contribution < 1.29 is 13.5 Å². The third-order valence-corrected chi connectivity index (χ3v) is 2.24. The molecule has 1 unspecified atom stereocenters. The molecule has 0 saturated heterocycles. The number of hydrogen-bond donors (Lipinski definition) is 1. The Labute approximate surface area is 98.3 Å². The van der Waals surface area contributed by atoms with Gasteiger partial charge in [0.2, 0.25) is 0 Å². The van der Waals surface area contributed by atoms with Crippen LogP contribution in [0, 0.1) is 0 Å². The maximum atomic E-state index is 12.1. The van der Waals surface area contributed by atoms with E-state index in [-0.39, 0.29) is 6.04 Å². The fourth-order valence-corrected chi connectivity index (χ4v) is 1.62. The van der Waals surface area contributed by atoms with Crippen molar-refractivity contribution in [3.8, 4) is 5.75 Å². The predicted molar refractivity (Wildman–Crippen MR) is 60.3 cm³/mol. The summed E-state index contributed by atoms with van der Waals surface area (Å²) in [5, 5.41) is 0.332. The molecule has 0 amide bonds. The van der Waals surface area contributed by atoms with Gasteiger partial charge < -0.3 is 10.5 Å². The van der Waals surface area contributed by atoms with Gasteiger partial charge in [-0.3, -0.25) is 0 Å². The van der Waals surface area contributed by atoms with E-state index in [1.165, 1.54) is 0 Å². The largest absolute Gasteiger partial charge is 0.486 e. The average molecular weight is 250 g/mol. The van der Waals surface area contributed by atoms with Crippen LogP contribution in [0.1, 0.15) is 12.5 Å². The molecule has 0 aliphatic rings. The summed E-state index contributed by atoms with van der Waals surface area (Å²) < 4.78 is 29.1. The number of rotatable bonds is 5. The second-order valence-electron chi connectivity index (χ2n) is 3.61. The molecule has 5 heteroatoms. The number of halogens is 3. The molecule has 1 atom stereocenters. The van der Waals surface area contributed by atoms with Gasteiger partial charge in [-0.1, -0.05) is 23.7 Å². The quantitative estimate of drug-likeness (QED) is 0.871. The lowest BCUT2D eigenvalue weighted by molar-refractivity contribution is 0.0814. The minimum absolute atomic E-state index is 0.0765. The van der Waals surface area contributed by atoms with Crippen molar-refractivity contribution in [1.29, 1.82) is 0 Å². The second kappa shape index (κ2) is 6.01. The van der Waals surface area contributed by atoms with Crippen molar-refractivity contribution in [1.82, 2.24) is 0 Å². The fourth-order valence-electron chi connectivity index (χ4n) is 1.37. The van der Waals surface area contributed by atoms with Crippen LogP contribution in [0.25, 0.3) is 0 Å². The van der Waals surface area contributed by atoms with E-state index in [0.717, 1.165) is 5.56 Å². The van der Waals surface area contributed by atoms with Crippen LogP contribution in [0.15, 0.2) is 18.2 Å². The first-order valence-corrected chi connectivity index (χ1v) is 5.32. The van der Waals surface area contributed by atoms with Gasteiger partial charge in [0, 0.05) is 6.04 Å². The van der Waals surface area contributed by atoms with Gasteiger partial charge in [0.1, 0.15) is 12.4 Å². The first kappa shape index (κ1) is 13.2. The predicted octanol–water partition coefficient (Wildman–Crippen LogP) is 2.87. The molecule has 0 aliphatic carbocycles. The van der Waals surface area contributed by atoms with Crippen LogP contribution in [0.4, 0.5) is 8.78 Å². The van der Waals surface area contributed by atoms with Gasteiger partial charge in [-0.15, -0.1) is 0 Å². The van der Waals surface area contributed by atoms with Gasteiger partial charge in [0.15, 0.2) is 0 Å². The molecular formula is C11H14ClF2NO. The van der Waals surface area contributed by atoms with Crippen LogP contribution in [-0.4, -0.2) is 19.1 Å². The molecule has 1 aromatic rings. The molecule has 16 heavy (non-hydrogen) atoms. The minimum Gasteiger partial charge on any atom is -0.486 e. The minimum atomic E-state index is -2.51. The van der Waals surface area contributed by atoms with Crippen molar-refractivity contribution >= 4 is 11.6 Å². The van der Waals surface area contributed by atoms with E-state index in [1.807, 2.05) is 6.92 Å². The fraction of sp³-hybridized carbons (Fsp3) is 0.455. The number of benzene rings is 1. The highest BCUT2D eigenvalue weighted by atomic mass is 35.5. The van der Waals surface area contributed by atoms with Crippen LogP contribution in [-0.2, 0) is 6.42 Å². The van der Waals surface area contributed by atoms with Crippen molar-refractivity contribution in [2.24, 2.45) is 5.73 Å². The zero-order valence-electron chi connectivity index (χ0n) is 8.92. The lowest BCUT2D eigenvalue weighted by Gasteiger charge is -2.14. The first-order chi connectivity index (χ1) is 7.50. The third-order valence-electron chi connectivity index (χ3n) is 1.94. The van der Waals surface area contributed by atoms with E-state index in [1.54, 1.807) is 18.2 Å². The van der Waals surface area contributed by atoms with Gasteiger partial charge >= 0.3 is 0 Å². The normalized spacial score (nSPS) is 12.9. The van der Waals surface area contributed by atoms with Gasteiger partial charge in [0.05, 0.1) is 5.02 Å². The Morgan fingerprint density at radius 3 is 2.69 bits per heavy atom. The lowest BCUT2D eigenvalue weighted by atomic mass is 10.1. The summed E-state index contributed by atoms with van der Waals surface area (Å²) in [6.07, 6.45) is -1.97. The van der Waals surface area contributed by atoms with E-state index < -0.39 is 13.0 Å². The van der Waals surface area contributed by atoms with E-state index in [9.17, 15) is 8.78 Å². The number of alkyl halides is 2. The van der Waals surface area contributed by atoms with Crippen LogP contribution >= 0.6 is 11.6 Å². The number of nitrogens with two attached hydrogens (primary N) is 1. The molecule has 0 saturated carbocycles. The van der Waals surface area contributed by atoms with Crippen molar-refractivity contribution in [3.05, 3.63) is 28.8 Å². The Morgan fingerprint density at radius 1 is 1.44 bits per heavy atom. The molecule has 0 radical (unpaired) electrons. The lowest BCUT2D eigenvalue weighted by Crippen LogP contribution is -2.19. The van der Waals surface area contributed by atoms with Crippen LogP contribution in [0.5, 0.6) is 5.75 Å². The molecular weight excluding hydrogens is 236 g/mol. The molecule has 1 aromatic carbocycles. The highest BCUT2D eigenvalue weighted by Gasteiger charge is 2.12. The van der Waals surface area contributed by atoms with Crippen LogP contribution < -0.4 is 10.5 Å². The van der Waals surface area contributed by atoms with Crippen molar-refractivity contribution in [2.75, 3.05) is 6.61 Å². The molecule has 90 valence electrons. The van der Waals surface area contributed by atoms with Crippen molar-refractivity contribution in [2.45, 2.75) is 25.8 Å². The van der Waals surface area contributed by atoms with Crippen LogP contribution in [0.2, 0.25) is 5.02 Å². The second-order valence-corrected chi connectivity index (χ2v) is 4.02. The van der Waals surface area contributed by atoms with Gasteiger partial charge in [0.25, 0.3) is 6.43 Å². The summed E-state index contributed by atoms with van der Waals surface area (Å²) >= 11 is 5.89. The summed E-state index contributed by atoms with van der Waals surface area (Å²) in [6, 6.07) is 5.05. The SMILES string of the molecule is CC(N)Cc1cccc(Cl)c1OCC(F)F. The van der Waals surface area contributed by atoms with Gasteiger partial charge in [-0.05, 0) is 25.0 Å². The third kappa shape index (κ3) is 3.94. The van der Waals surface area contributed by atoms with Crippen LogP contribution in [0.3, 0.4) is 0 Å². The Balaban J connectivity index is 2.85. The van der Waals surface area contributed by atoms with Crippen molar-refractivity contribution in [3.63, 3.8) is 0 Å². The summed E-state index contributed by atoms with van der Waals surface area (Å²) in [5.74, 6) is 0.307. The maximum Gasteiger partial charge on any atom is 0.272 e. The molecule has 2 nitrogen and oxygen atoms in total. The Bertz CT molecular complexity index is 345. The molecule has 1 rings (SSSR count). The summed E-state index contributed by atoms with van der Waals surface area (Å²) in [7, 11) is 0. The summed E-state index contributed by atoms with van der Waals surface area (Å²) in [6.45, 7) is 1.17. The molecule has 2 N–H and O–H groups in total. The monoisotopic (exact) mass is 249 g/mol. The van der Waals surface area contributed by atoms with E-state index in [4.69, 9.17) is 22.1 Å². The summed E-state index contributed by atoms with van der Waals surface area (Å²) in [4.78, 5) is 0. The molecule has 0 aliphatic heterocycles. The molecule has 0 aromatic heterocycles. The maximum absolute atomic E-state index is 12.1. The molecule has 0 spiro atoms. The average Bonchev–Trinajstić information content (AvgIpc) is 2.15. The molecule has 0 fully saturated rings. The van der Waals surface area contributed by atoms with E-state index in [0.29, 0.717) is 17.2 Å². The number of ether oxygens (including phenoxy) is 1. The van der Waals surface area contributed by atoms with Gasteiger partial charge in [-0.2, -0.15) is 0 Å². The zero-order valence-corrected chi connectivity index (χ0v) is 9.68. The Kier molecular flexibility index (Phi) is 4.96. The Morgan fingerprint density at radius 2 is 2.12 bits per heavy atom. The van der Waals surface area contributed by atoms with E-state index in [2.05, 4.69) is 0 Å². The first-order valence-electron chi connectivity index (χ1n) is 4.94. The number of para-hydroxylation sites is 1. The van der Waals surface area contributed by atoms with E-state index >= 15 is 0 Å². The standard InChI is InChI=1S/C11H14ClF2NO/c1-7(15)5-8-3-2-4-9(12)11(8)16-6-10(13)14/h2-4,7,10H,5-6,15H2,1H3.